The lowest BCUT2D eigenvalue weighted by molar-refractivity contribution is -0.148. The minimum atomic E-state index is -4.05. The molecule has 0 unspecified atom stereocenters. The lowest BCUT2D eigenvalue weighted by Crippen LogP contribution is -2.54. The van der Waals surface area contributed by atoms with Crippen molar-refractivity contribution in [3.63, 3.8) is 0 Å². The molecule has 1 aromatic carbocycles. The minimum absolute atomic E-state index is 0.381. The summed E-state index contributed by atoms with van der Waals surface area (Å²) < 4.78 is 32.4. The zero-order valence-corrected chi connectivity index (χ0v) is 17.8. The first-order valence-corrected chi connectivity index (χ1v) is 12.9. The van der Waals surface area contributed by atoms with Gasteiger partial charge in [-0.15, -0.1) is 0 Å². The summed E-state index contributed by atoms with van der Waals surface area (Å²) in [6, 6.07) is 5.10. The summed E-state index contributed by atoms with van der Waals surface area (Å²) >= 11 is 0. The van der Waals surface area contributed by atoms with Crippen LogP contribution >= 0.6 is 0 Å². The molecule has 1 aliphatic heterocycles. The van der Waals surface area contributed by atoms with Crippen molar-refractivity contribution in [2.24, 2.45) is 0 Å². The maximum absolute atomic E-state index is 11.4. The number of benzene rings is 1. The van der Waals surface area contributed by atoms with Crippen molar-refractivity contribution in [2.75, 3.05) is 6.23 Å². The first-order chi connectivity index (χ1) is 12.5. The van der Waals surface area contributed by atoms with Crippen molar-refractivity contribution >= 4 is 35.3 Å². The van der Waals surface area contributed by atoms with Crippen molar-refractivity contribution in [2.45, 2.75) is 40.5 Å². The van der Waals surface area contributed by atoms with E-state index >= 15 is 0 Å². The first-order valence-electron chi connectivity index (χ1n) is 8.18. The number of carbonyl (C=O) groups is 3. The first kappa shape index (κ1) is 20.9. The van der Waals surface area contributed by atoms with Gasteiger partial charge in [-0.25, -0.2) is 0 Å². The van der Waals surface area contributed by atoms with E-state index < -0.39 is 41.5 Å². The third-order valence-corrected chi connectivity index (χ3v) is 7.12. The second-order valence-corrected chi connectivity index (χ2v) is 11.9. The topological polar surface area (TPSA) is 107 Å². The molecule has 0 aliphatic carbocycles. The Morgan fingerprint density at radius 2 is 1.59 bits per heavy atom. The lowest BCUT2D eigenvalue weighted by atomic mass is 10.2. The van der Waals surface area contributed by atoms with Gasteiger partial charge in [0.2, 0.25) is 0 Å². The van der Waals surface area contributed by atoms with Gasteiger partial charge < -0.3 is 26.9 Å². The molecule has 0 bridgehead atoms. The van der Waals surface area contributed by atoms with Crippen molar-refractivity contribution in [3.05, 3.63) is 23.8 Å². The van der Waals surface area contributed by atoms with Crippen LogP contribution in [0.2, 0.25) is 13.1 Å². The summed E-state index contributed by atoms with van der Waals surface area (Å²) in [5.74, 6) is -1.16. The summed E-state index contributed by atoms with van der Waals surface area (Å²) in [5.41, 5.74) is 0.791. The van der Waals surface area contributed by atoms with Gasteiger partial charge >= 0.3 is 17.4 Å². The predicted octanol–water partition coefficient (Wildman–Crippen LogP) is 1.84. The van der Waals surface area contributed by atoms with E-state index in [0.29, 0.717) is 18.1 Å². The van der Waals surface area contributed by atoms with Crippen LogP contribution in [0.4, 0.5) is 0 Å². The highest BCUT2D eigenvalue weighted by molar-refractivity contribution is 6.66. The molecule has 1 aliphatic rings. The number of hydrogen-bond acceptors (Lipinski definition) is 9. The van der Waals surface area contributed by atoms with E-state index in [0.717, 1.165) is 26.3 Å². The molecule has 1 heterocycles. The van der Waals surface area contributed by atoms with Crippen LogP contribution in [0.3, 0.4) is 0 Å². The Labute approximate surface area is 159 Å². The Morgan fingerprint density at radius 3 is 2.11 bits per heavy atom. The molecule has 0 atom stereocenters. The van der Waals surface area contributed by atoms with E-state index in [1.807, 2.05) is 13.1 Å². The Balaban J connectivity index is 2.19. The lowest BCUT2D eigenvalue weighted by Gasteiger charge is -2.30. The summed E-state index contributed by atoms with van der Waals surface area (Å²) in [4.78, 5) is 34.3. The molecule has 0 saturated carbocycles. The quantitative estimate of drug-likeness (QED) is 0.644. The second-order valence-electron chi connectivity index (χ2n) is 6.31. The van der Waals surface area contributed by atoms with Crippen molar-refractivity contribution in [1.29, 1.82) is 0 Å². The fourth-order valence-electron chi connectivity index (χ4n) is 2.38. The fourth-order valence-corrected chi connectivity index (χ4v) is 5.63. The van der Waals surface area contributed by atoms with E-state index in [9.17, 15) is 14.4 Å². The normalized spacial score (nSPS) is 15.0. The van der Waals surface area contributed by atoms with Gasteiger partial charge in [0.25, 0.3) is 17.9 Å². The van der Waals surface area contributed by atoms with Gasteiger partial charge in [-0.1, -0.05) is 0 Å². The molecular formula is C16H22O9Si2. The number of carbonyl (C=O) groups excluding carboxylic acids is 3. The van der Waals surface area contributed by atoms with Crippen LogP contribution in [0, 0.1) is 0 Å². The number of rotatable bonds is 6. The summed E-state index contributed by atoms with van der Waals surface area (Å²) in [7, 11) is -6.22. The smallest absolute Gasteiger partial charge is 0.520 e. The molecule has 0 N–H and O–H groups in total. The zero-order valence-electron chi connectivity index (χ0n) is 15.8. The number of ether oxygens (including phenoxy) is 1. The maximum Gasteiger partial charge on any atom is 0.745 e. The van der Waals surface area contributed by atoms with Crippen molar-refractivity contribution in [1.82, 2.24) is 0 Å². The molecule has 0 saturated heterocycles. The zero-order chi connectivity index (χ0) is 20.2. The van der Waals surface area contributed by atoms with Crippen LogP contribution in [0.15, 0.2) is 18.2 Å². The summed E-state index contributed by atoms with van der Waals surface area (Å²) in [5, 5.41) is 0. The van der Waals surface area contributed by atoms with Crippen LogP contribution in [0.25, 0.3) is 0 Å². The van der Waals surface area contributed by atoms with Gasteiger partial charge in [-0.3, -0.25) is 14.4 Å². The van der Waals surface area contributed by atoms with Crippen LogP contribution in [0.5, 0.6) is 11.5 Å². The van der Waals surface area contributed by atoms with Gasteiger partial charge in [0, 0.05) is 26.3 Å². The van der Waals surface area contributed by atoms with Crippen LogP contribution in [0.1, 0.15) is 26.3 Å². The molecule has 1 aromatic rings. The highest BCUT2D eigenvalue weighted by atomic mass is 28.4. The van der Waals surface area contributed by atoms with Crippen LogP contribution in [-0.4, -0.2) is 41.5 Å². The molecule has 0 radical (unpaired) electrons. The minimum Gasteiger partial charge on any atom is -0.520 e. The van der Waals surface area contributed by atoms with E-state index in [2.05, 4.69) is 0 Å². The predicted molar refractivity (Wildman–Crippen MR) is 95.9 cm³/mol. The standard InChI is InChI=1S/C16H22O9Si2/c1-11(17)22-27(23-12(2)18,24-13(3)19)10-20-15-6-7-16-14(8-15)9-21-26(4,5)25-16/h6-8H,9-10H2,1-5H3. The highest BCUT2D eigenvalue weighted by Crippen LogP contribution is 2.32. The Bertz CT molecular complexity index is 707. The third-order valence-electron chi connectivity index (χ3n) is 3.28. The number of hydrogen-bond donors (Lipinski definition) is 0. The second kappa shape index (κ2) is 8.11. The molecule has 0 amide bonds. The molecule has 27 heavy (non-hydrogen) atoms. The largest absolute Gasteiger partial charge is 0.745 e. The molecule has 11 heteroatoms. The third kappa shape index (κ3) is 6.08. The fraction of sp³-hybridized carbons (Fsp3) is 0.438. The van der Waals surface area contributed by atoms with Crippen LogP contribution < -0.4 is 9.16 Å². The monoisotopic (exact) mass is 414 g/mol. The Morgan fingerprint density at radius 1 is 1.04 bits per heavy atom. The molecule has 148 valence electrons. The van der Waals surface area contributed by atoms with E-state index in [-0.39, 0.29) is 0 Å². The maximum atomic E-state index is 11.4. The van der Waals surface area contributed by atoms with Crippen molar-refractivity contribution < 1.29 is 41.3 Å². The van der Waals surface area contributed by atoms with Crippen molar-refractivity contribution in [3.8, 4) is 11.5 Å². The van der Waals surface area contributed by atoms with Gasteiger partial charge in [0.1, 0.15) is 11.5 Å². The molecule has 0 aromatic heterocycles. The average molecular weight is 415 g/mol. The Kier molecular flexibility index (Phi) is 6.28. The summed E-state index contributed by atoms with van der Waals surface area (Å²) in [6.45, 7) is 7.62. The molecular weight excluding hydrogens is 392 g/mol. The number of fused-ring (bicyclic) bond motifs is 1. The molecule has 9 nitrogen and oxygen atoms in total. The van der Waals surface area contributed by atoms with E-state index in [4.69, 9.17) is 26.9 Å². The van der Waals surface area contributed by atoms with Gasteiger partial charge in [0.05, 0.1) is 6.61 Å². The SMILES string of the molecule is CC(=O)O[Si](COc1ccc2c(c1)CO[Si](C)(C)O2)(OC(C)=O)OC(C)=O. The van der Waals surface area contributed by atoms with E-state index in [1.165, 1.54) is 0 Å². The molecule has 0 spiro atoms. The molecule has 0 fully saturated rings. The van der Waals surface area contributed by atoms with E-state index in [1.54, 1.807) is 18.2 Å². The summed E-state index contributed by atoms with van der Waals surface area (Å²) in [6.07, 6.45) is -0.410. The highest BCUT2D eigenvalue weighted by Gasteiger charge is 2.53. The average Bonchev–Trinajstić information content (AvgIpc) is 2.50. The Hall–Kier alpha value is -2.38. The van der Waals surface area contributed by atoms with Gasteiger partial charge in [0.15, 0.2) is 6.23 Å². The van der Waals surface area contributed by atoms with Gasteiger partial charge in [-0.2, -0.15) is 0 Å². The van der Waals surface area contributed by atoms with Crippen LogP contribution in [-0.2, 0) is 38.7 Å². The van der Waals surface area contributed by atoms with Gasteiger partial charge in [-0.05, 0) is 31.3 Å². The molecule has 2 rings (SSSR count).